The second kappa shape index (κ2) is 6.78. The van der Waals surface area contributed by atoms with Gasteiger partial charge >= 0.3 is 0 Å². The van der Waals surface area contributed by atoms with Crippen LogP contribution in [0.1, 0.15) is 29.1 Å². The number of carbonyl (C=O) groups excluding carboxylic acids is 1. The lowest BCUT2D eigenvalue weighted by Gasteiger charge is -2.06. The van der Waals surface area contributed by atoms with Crippen molar-refractivity contribution in [1.82, 2.24) is 10.5 Å². The van der Waals surface area contributed by atoms with Gasteiger partial charge in [-0.1, -0.05) is 11.1 Å². The fraction of sp³-hybridized carbons (Fsp3) is 0.250. The number of ether oxygens (including phenoxy) is 1. The Hall–Kier alpha value is -2.78. The van der Waals surface area contributed by atoms with Crippen LogP contribution in [-0.2, 0) is 0 Å². The number of aliphatic hydroxyl groups is 1. The second-order valence-electron chi connectivity index (χ2n) is 4.56. The van der Waals surface area contributed by atoms with Gasteiger partial charge in [-0.25, -0.2) is 0 Å². The normalized spacial score (nSPS) is 11.5. The molecule has 0 aliphatic rings. The molecule has 1 amide bonds. The molecule has 0 fully saturated rings. The van der Waals surface area contributed by atoms with Gasteiger partial charge in [0.1, 0.15) is 23.1 Å². The minimum atomic E-state index is -0.967. The molecule has 0 aliphatic carbocycles. The average molecular weight is 300 g/mol. The van der Waals surface area contributed by atoms with Crippen LogP contribution in [0, 0.1) is 12.3 Å². The van der Waals surface area contributed by atoms with Crippen molar-refractivity contribution in [2.75, 3.05) is 13.7 Å². The Morgan fingerprint density at radius 1 is 1.50 bits per heavy atom. The Kier molecular flexibility index (Phi) is 4.81. The summed E-state index contributed by atoms with van der Waals surface area (Å²) in [6.45, 7) is 1.57. The van der Waals surface area contributed by atoms with Crippen molar-refractivity contribution in [3.05, 3.63) is 35.6 Å². The summed E-state index contributed by atoms with van der Waals surface area (Å²) in [5, 5.41) is 16.2. The number of rotatable bonds is 5. The highest BCUT2D eigenvalue weighted by atomic mass is 16.5. The van der Waals surface area contributed by atoms with Gasteiger partial charge in [0.15, 0.2) is 5.76 Å². The maximum atomic E-state index is 12.3. The first-order chi connectivity index (χ1) is 10.6. The number of benzene rings is 1. The van der Waals surface area contributed by atoms with E-state index in [1.165, 1.54) is 6.92 Å². The van der Waals surface area contributed by atoms with E-state index in [4.69, 9.17) is 15.7 Å². The Balaban J connectivity index is 2.46. The van der Waals surface area contributed by atoms with Crippen LogP contribution in [0.25, 0.3) is 11.3 Å². The predicted octanol–water partition coefficient (Wildman–Crippen LogP) is 1.77. The van der Waals surface area contributed by atoms with Crippen LogP contribution in [0.4, 0.5) is 0 Å². The highest BCUT2D eigenvalue weighted by Crippen LogP contribution is 2.30. The smallest absolute Gasteiger partial charge is 0.258 e. The molecule has 1 aromatic heterocycles. The second-order valence-corrected chi connectivity index (χ2v) is 4.56. The molecule has 2 aromatic rings. The summed E-state index contributed by atoms with van der Waals surface area (Å²) in [6.07, 6.45) is 4.18. The van der Waals surface area contributed by atoms with Crippen LogP contribution >= 0.6 is 0 Å². The van der Waals surface area contributed by atoms with E-state index in [1.807, 2.05) is 0 Å². The van der Waals surface area contributed by atoms with E-state index in [9.17, 15) is 9.90 Å². The number of carbonyl (C=O) groups is 1. The quantitative estimate of drug-likeness (QED) is 0.822. The van der Waals surface area contributed by atoms with Crippen molar-refractivity contribution in [2.45, 2.75) is 13.0 Å². The molecule has 2 N–H and O–H groups in total. The first kappa shape index (κ1) is 15.6. The van der Waals surface area contributed by atoms with Crippen LogP contribution in [-0.4, -0.2) is 29.8 Å². The van der Waals surface area contributed by atoms with Crippen LogP contribution in [0.3, 0.4) is 0 Å². The highest BCUT2D eigenvalue weighted by Gasteiger charge is 2.26. The van der Waals surface area contributed by atoms with Gasteiger partial charge in [-0.15, -0.1) is 6.42 Å². The van der Waals surface area contributed by atoms with E-state index < -0.39 is 12.0 Å². The summed E-state index contributed by atoms with van der Waals surface area (Å²) in [5.74, 6) is 2.66. The van der Waals surface area contributed by atoms with Crippen LogP contribution in [0.5, 0.6) is 5.75 Å². The largest absolute Gasteiger partial charge is 0.497 e. The van der Waals surface area contributed by atoms with Crippen molar-refractivity contribution < 1.29 is 19.2 Å². The van der Waals surface area contributed by atoms with Crippen molar-refractivity contribution in [2.24, 2.45) is 0 Å². The third-order valence-corrected chi connectivity index (χ3v) is 3.04. The third kappa shape index (κ3) is 3.10. The summed E-state index contributed by atoms with van der Waals surface area (Å²) in [5.41, 5.74) is 1.19. The van der Waals surface area contributed by atoms with Crippen molar-refractivity contribution in [3.63, 3.8) is 0 Å². The summed E-state index contributed by atoms with van der Waals surface area (Å²) < 4.78 is 10.2. The van der Waals surface area contributed by atoms with Crippen molar-refractivity contribution in [1.29, 1.82) is 0 Å². The molecule has 2 rings (SSSR count). The van der Waals surface area contributed by atoms with Crippen molar-refractivity contribution >= 4 is 5.91 Å². The van der Waals surface area contributed by atoms with E-state index in [2.05, 4.69) is 16.4 Å². The molecule has 114 valence electrons. The van der Waals surface area contributed by atoms with E-state index in [1.54, 1.807) is 31.4 Å². The molecule has 6 heteroatoms. The average Bonchev–Trinajstić information content (AvgIpc) is 2.98. The number of methoxy groups -OCH3 is 1. The van der Waals surface area contributed by atoms with Gasteiger partial charge in [0.2, 0.25) is 0 Å². The van der Waals surface area contributed by atoms with Gasteiger partial charge in [0.25, 0.3) is 5.91 Å². The number of nitrogens with one attached hydrogen (secondary N) is 1. The maximum Gasteiger partial charge on any atom is 0.258 e. The molecule has 1 heterocycles. The lowest BCUT2D eigenvalue weighted by Crippen LogP contribution is -2.25. The van der Waals surface area contributed by atoms with Crippen LogP contribution < -0.4 is 10.1 Å². The minimum Gasteiger partial charge on any atom is -0.497 e. The Morgan fingerprint density at radius 3 is 2.73 bits per heavy atom. The van der Waals surface area contributed by atoms with Crippen LogP contribution in [0.2, 0.25) is 0 Å². The van der Waals surface area contributed by atoms with E-state index in [0.717, 1.165) is 0 Å². The molecule has 0 radical (unpaired) electrons. The molecule has 1 aromatic carbocycles. The third-order valence-electron chi connectivity index (χ3n) is 3.04. The molecular formula is C16H16N2O4. The summed E-state index contributed by atoms with van der Waals surface area (Å²) >= 11 is 0. The highest BCUT2D eigenvalue weighted by molar-refractivity contribution is 6.01. The molecule has 0 unspecified atom stereocenters. The molecular weight excluding hydrogens is 284 g/mol. The van der Waals surface area contributed by atoms with Gasteiger partial charge < -0.3 is 19.7 Å². The van der Waals surface area contributed by atoms with Gasteiger partial charge in [0, 0.05) is 5.56 Å². The SMILES string of the molecule is C#CCNC(=O)c1c(-c2ccc(OC)cc2)noc1[C@H](C)O. The van der Waals surface area contributed by atoms with Crippen molar-refractivity contribution in [3.8, 4) is 29.4 Å². The van der Waals surface area contributed by atoms with Gasteiger partial charge in [-0.2, -0.15) is 0 Å². The number of terminal acetylenes is 1. The molecule has 0 spiro atoms. The van der Waals surface area contributed by atoms with E-state index in [0.29, 0.717) is 17.0 Å². The number of hydrogen-bond acceptors (Lipinski definition) is 5. The maximum absolute atomic E-state index is 12.3. The van der Waals surface area contributed by atoms with E-state index >= 15 is 0 Å². The van der Waals surface area contributed by atoms with Crippen LogP contribution in [0.15, 0.2) is 28.8 Å². The minimum absolute atomic E-state index is 0.0747. The lowest BCUT2D eigenvalue weighted by molar-refractivity contribution is 0.0946. The number of amides is 1. The summed E-state index contributed by atoms with van der Waals surface area (Å²) in [7, 11) is 1.56. The molecule has 22 heavy (non-hydrogen) atoms. The van der Waals surface area contributed by atoms with Gasteiger partial charge in [-0.3, -0.25) is 4.79 Å². The number of nitrogens with zero attached hydrogens (tertiary/aromatic N) is 1. The first-order valence-electron chi connectivity index (χ1n) is 6.62. The number of aromatic nitrogens is 1. The lowest BCUT2D eigenvalue weighted by atomic mass is 10.0. The van der Waals surface area contributed by atoms with Gasteiger partial charge in [-0.05, 0) is 31.2 Å². The number of aliphatic hydroxyl groups excluding tert-OH is 1. The first-order valence-corrected chi connectivity index (χ1v) is 6.62. The molecule has 0 saturated carbocycles. The molecule has 0 aliphatic heterocycles. The Bertz CT molecular complexity index is 696. The predicted molar refractivity (Wildman–Crippen MR) is 80.3 cm³/mol. The molecule has 1 atom stereocenters. The topological polar surface area (TPSA) is 84.6 Å². The molecule has 6 nitrogen and oxygen atoms in total. The molecule has 0 bridgehead atoms. The zero-order valence-corrected chi connectivity index (χ0v) is 12.3. The fourth-order valence-electron chi connectivity index (χ4n) is 1.97. The van der Waals surface area contributed by atoms with Gasteiger partial charge in [0.05, 0.1) is 13.7 Å². The zero-order valence-electron chi connectivity index (χ0n) is 12.3. The van der Waals surface area contributed by atoms with E-state index in [-0.39, 0.29) is 17.9 Å². The standard InChI is InChI=1S/C16H16N2O4/c1-4-9-17-16(20)13-14(18-22-15(13)10(2)19)11-5-7-12(21-3)8-6-11/h1,5-8,10,19H,9H2,2-3H3,(H,17,20)/t10-/m0/s1. The Labute approximate surface area is 128 Å². The summed E-state index contributed by atoms with van der Waals surface area (Å²) in [6, 6.07) is 6.99. The monoisotopic (exact) mass is 300 g/mol. The molecule has 0 saturated heterocycles. The zero-order chi connectivity index (χ0) is 16.1. The Morgan fingerprint density at radius 2 is 2.18 bits per heavy atom. The fourth-order valence-corrected chi connectivity index (χ4v) is 1.97. The summed E-state index contributed by atoms with van der Waals surface area (Å²) in [4.78, 5) is 12.3. The number of hydrogen-bond donors (Lipinski definition) is 2.